The summed E-state index contributed by atoms with van der Waals surface area (Å²) < 4.78 is 0. The van der Waals surface area contributed by atoms with Crippen molar-refractivity contribution in [2.24, 2.45) is 17.3 Å². The van der Waals surface area contributed by atoms with Gasteiger partial charge in [0.05, 0.1) is 6.61 Å². The summed E-state index contributed by atoms with van der Waals surface area (Å²) in [7, 11) is 0. The van der Waals surface area contributed by atoms with Gasteiger partial charge in [-0.05, 0) is 11.3 Å². The van der Waals surface area contributed by atoms with Gasteiger partial charge in [0, 0.05) is 10.8 Å². The van der Waals surface area contributed by atoms with Crippen LogP contribution in [0, 0.1) is 17.3 Å². The molecule has 1 nitrogen and oxygen atoms in total. The monoisotopic (exact) mass is 188 g/mol. The highest BCUT2D eigenvalue weighted by atomic mass is 32.1. The van der Waals surface area contributed by atoms with E-state index in [1.54, 1.807) is 0 Å². The molecule has 0 fully saturated rings. The van der Waals surface area contributed by atoms with Gasteiger partial charge in [0.2, 0.25) is 0 Å². The Morgan fingerprint density at radius 1 is 1.33 bits per heavy atom. The standard InChI is InChI=1S/C10H20OS/c1-7(2)8(6-11)9(12)10(3,4)5/h7-8,11H,6H2,1-5H3/t8-/m0/s1. The van der Waals surface area contributed by atoms with Gasteiger partial charge in [-0.1, -0.05) is 46.8 Å². The highest BCUT2D eigenvalue weighted by Gasteiger charge is 2.26. The molecule has 1 N–H and O–H groups in total. The van der Waals surface area contributed by atoms with E-state index in [-0.39, 0.29) is 17.9 Å². The molecule has 0 rings (SSSR count). The molecule has 0 aromatic rings. The van der Waals surface area contributed by atoms with Crippen molar-refractivity contribution < 1.29 is 5.11 Å². The lowest BCUT2D eigenvalue weighted by atomic mass is 9.80. The Kier molecular flexibility index (Phi) is 4.35. The van der Waals surface area contributed by atoms with Gasteiger partial charge >= 0.3 is 0 Å². The van der Waals surface area contributed by atoms with E-state index in [0.717, 1.165) is 4.86 Å². The SMILES string of the molecule is CC(C)[C@H](CO)C(=S)C(C)(C)C. The van der Waals surface area contributed by atoms with Crippen molar-refractivity contribution in [1.82, 2.24) is 0 Å². The van der Waals surface area contributed by atoms with Gasteiger partial charge < -0.3 is 5.11 Å². The highest BCUT2D eigenvalue weighted by Crippen LogP contribution is 2.26. The van der Waals surface area contributed by atoms with E-state index < -0.39 is 0 Å². The molecule has 0 amide bonds. The van der Waals surface area contributed by atoms with Crippen LogP contribution in [0.3, 0.4) is 0 Å². The van der Waals surface area contributed by atoms with Crippen LogP contribution >= 0.6 is 12.2 Å². The van der Waals surface area contributed by atoms with E-state index >= 15 is 0 Å². The van der Waals surface area contributed by atoms with Crippen molar-refractivity contribution >= 4 is 17.1 Å². The predicted molar refractivity (Wildman–Crippen MR) is 57.5 cm³/mol. The number of hydrogen-bond donors (Lipinski definition) is 1. The minimum absolute atomic E-state index is 0.0347. The van der Waals surface area contributed by atoms with Crippen molar-refractivity contribution in [3.63, 3.8) is 0 Å². The molecule has 72 valence electrons. The quantitative estimate of drug-likeness (QED) is 0.687. The fraction of sp³-hybridized carbons (Fsp3) is 0.900. The van der Waals surface area contributed by atoms with Crippen LogP contribution in [0.25, 0.3) is 0 Å². The first-order chi connectivity index (χ1) is 5.30. The molecule has 0 aliphatic heterocycles. The average Bonchev–Trinajstić information content (AvgIpc) is 1.86. The number of aliphatic hydroxyl groups is 1. The van der Waals surface area contributed by atoms with E-state index in [2.05, 4.69) is 34.6 Å². The van der Waals surface area contributed by atoms with Crippen LogP contribution in [0.15, 0.2) is 0 Å². The number of hydrogen-bond acceptors (Lipinski definition) is 2. The first-order valence-electron chi connectivity index (χ1n) is 4.46. The summed E-state index contributed by atoms with van der Waals surface area (Å²) in [5.74, 6) is 0.599. The predicted octanol–water partition coefficient (Wildman–Crippen LogP) is 2.67. The first kappa shape index (κ1) is 12.0. The van der Waals surface area contributed by atoms with Crippen LogP contribution in [0.2, 0.25) is 0 Å². The van der Waals surface area contributed by atoms with Crippen molar-refractivity contribution in [2.75, 3.05) is 6.61 Å². The zero-order valence-electron chi connectivity index (χ0n) is 8.72. The Balaban J connectivity index is 4.44. The van der Waals surface area contributed by atoms with Gasteiger partial charge in [-0.2, -0.15) is 0 Å². The topological polar surface area (TPSA) is 20.2 Å². The average molecular weight is 188 g/mol. The maximum Gasteiger partial charge on any atom is 0.0507 e. The number of rotatable bonds is 3. The molecule has 0 aliphatic rings. The minimum atomic E-state index is 0.0347. The molecule has 0 bridgehead atoms. The Morgan fingerprint density at radius 2 is 1.75 bits per heavy atom. The van der Waals surface area contributed by atoms with Gasteiger partial charge in [-0.25, -0.2) is 0 Å². The van der Waals surface area contributed by atoms with E-state index in [1.807, 2.05) is 0 Å². The van der Waals surface area contributed by atoms with Gasteiger partial charge in [0.1, 0.15) is 0 Å². The molecule has 0 aromatic heterocycles. The van der Waals surface area contributed by atoms with Crippen molar-refractivity contribution in [1.29, 1.82) is 0 Å². The molecule has 12 heavy (non-hydrogen) atoms. The molecule has 0 spiro atoms. The van der Waals surface area contributed by atoms with Crippen LogP contribution in [-0.4, -0.2) is 16.6 Å². The second kappa shape index (κ2) is 4.33. The molecular formula is C10H20OS. The number of aliphatic hydroxyl groups excluding tert-OH is 1. The van der Waals surface area contributed by atoms with E-state index in [4.69, 9.17) is 17.3 Å². The summed E-state index contributed by atoms with van der Waals surface area (Å²) >= 11 is 5.33. The van der Waals surface area contributed by atoms with Crippen molar-refractivity contribution in [3.05, 3.63) is 0 Å². The van der Waals surface area contributed by atoms with E-state index in [9.17, 15) is 0 Å². The third-order valence-electron chi connectivity index (χ3n) is 2.08. The molecule has 0 unspecified atom stereocenters. The van der Waals surface area contributed by atoms with E-state index in [1.165, 1.54) is 0 Å². The van der Waals surface area contributed by atoms with Gasteiger partial charge in [-0.15, -0.1) is 0 Å². The molecule has 0 saturated carbocycles. The summed E-state index contributed by atoms with van der Waals surface area (Å²) in [6, 6.07) is 0. The zero-order valence-corrected chi connectivity index (χ0v) is 9.53. The normalized spacial score (nSPS) is 14.9. The van der Waals surface area contributed by atoms with Crippen LogP contribution < -0.4 is 0 Å². The third kappa shape index (κ3) is 3.20. The summed E-state index contributed by atoms with van der Waals surface area (Å²) in [6.07, 6.45) is 0. The second-order valence-electron chi connectivity index (χ2n) is 4.65. The Morgan fingerprint density at radius 3 is 1.83 bits per heavy atom. The minimum Gasteiger partial charge on any atom is -0.396 e. The molecule has 0 radical (unpaired) electrons. The number of thiocarbonyl (C=S) groups is 1. The molecular weight excluding hydrogens is 168 g/mol. The van der Waals surface area contributed by atoms with Gasteiger partial charge in [0.15, 0.2) is 0 Å². The summed E-state index contributed by atoms with van der Waals surface area (Å²) in [6.45, 7) is 10.7. The Hall–Kier alpha value is 0.0500. The molecule has 0 heterocycles. The Bertz CT molecular complexity index is 156. The molecule has 1 atom stereocenters. The molecule has 0 saturated heterocycles. The summed E-state index contributed by atoms with van der Waals surface area (Å²) in [4.78, 5) is 0.986. The smallest absolute Gasteiger partial charge is 0.0507 e. The fourth-order valence-corrected chi connectivity index (χ4v) is 1.50. The molecule has 2 heteroatoms. The lowest BCUT2D eigenvalue weighted by Gasteiger charge is -2.28. The van der Waals surface area contributed by atoms with Gasteiger partial charge in [-0.3, -0.25) is 0 Å². The lowest BCUT2D eigenvalue weighted by molar-refractivity contribution is 0.227. The summed E-state index contributed by atoms with van der Waals surface area (Å²) in [5, 5.41) is 9.14. The highest BCUT2D eigenvalue weighted by molar-refractivity contribution is 7.80. The van der Waals surface area contributed by atoms with Crippen molar-refractivity contribution in [2.45, 2.75) is 34.6 Å². The third-order valence-corrected chi connectivity index (χ3v) is 2.99. The maximum absolute atomic E-state index is 9.14. The largest absolute Gasteiger partial charge is 0.396 e. The van der Waals surface area contributed by atoms with Crippen LogP contribution in [-0.2, 0) is 0 Å². The van der Waals surface area contributed by atoms with Crippen molar-refractivity contribution in [3.8, 4) is 0 Å². The van der Waals surface area contributed by atoms with Crippen LogP contribution in [0.1, 0.15) is 34.6 Å². The fourth-order valence-electron chi connectivity index (χ4n) is 1.15. The van der Waals surface area contributed by atoms with E-state index in [0.29, 0.717) is 5.92 Å². The zero-order chi connectivity index (χ0) is 9.94. The molecule has 0 aliphatic carbocycles. The Labute approximate surface area is 81.2 Å². The van der Waals surface area contributed by atoms with Crippen LogP contribution in [0.4, 0.5) is 0 Å². The summed E-state index contributed by atoms with van der Waals surface area (Å²) in [5.41, 5.74) is 0.0347. The van der Waals surface area contributed by atoms with Gasteiger partial charge in [0.25, 0.3) is 0 Å². The van der Waals surface area contributed by atoms with Crippen LogP contribution in [0.5, 0.6) is 0 Å². The maximum atomic E-state index is 9.14. The molecule has 0 aromatic carbocycles. The first-order valence-corrected chi connectivity index (χ1v) is 4.86. The lowest BCUT2D eigenvalue weighted by Crippen LogP contribution is -2.32. The second-order valence-corrected chi connectivity index (χ2v) is 5.09.